The van der Waals surface area contributed by atoms with Crippen LogP contribution in [0.15, 0.2) is 78.4 Å². The number of carbonyl (C=O) groups is 1. The summed E-state index contributed by atoms with van der Waals surface area (Å²) >= 11 is 11.4. The molecule has 168 valence electrons. The highest BCUT2D eigenvalue weighted by atomic mass is 35.5. The molecule has 1 aliphatic rings. The molecule has 0 saturated heterocycles. The van der Waals surface area contributed by atoms with Crippen molar-refractivity contribution in [1.29, 1.82) is 0 Å². The molecule has 4 rings (SSSR count). The summed E-state index contributed by atoms with van der Waals surface area (Å²) in [7, 11) is 1.34. The van der Waals surface area contributed by atoms with Crippen LogP contribution in [-0.4, -0.2) is 18.2 Å². The SMILES string of the molecule is COC(=O)C1=C(c2ccc(Cl)cc2)NC(=S)N[C@H]1c1ccc(OCc2ccc(F)cc2)cc1. The molecule has 33 heavy (non-hydrogen) atoms. The molecular weight excluding hydrogens is 463 g/mol. The maximum absolute atomic E-state index is 13.1. The van der Waals surface area contributed by atoms with Crippen LogP contribution in [-0.2, 0) is 16.1 Å². The number of ether oxygens (including phenoxy) is 2. The van der Waals surface area contributed by atoms with Gasteiger partial charge in [0.2, 0.25) is 0 Å². The van der Waals surface area contributed by atoms with Crippen molar-refractivity contribution in [2.75, 3.05) is 7.11 Å². The Labute approximate surface area is 201 Å². The summed E-state index contributed by atoms with van der Waals surface area (Å²) in [5.41, 5.74) is 3.37. The first-order valence-corrected chi connectivity index (χ1v) is 10.9. The van der Waals surface area contributed by atoms with Gasteiger partial charge < -0.3 is 20.1 Å². The summed E-state index contributed by atoms with van der Waals surface area (Å²) in [4.78, 5) is 12.8. The second-order valence-corrected chi connectivity index (χ2v) is 8.15. The Balaban J connectivity index is 1.62. The average molecular weight is 483 g/mol. The van der Waals surface area contributed by atoms with Gasteiger partial charge in [-0.15, -0.1) is 0 Å². The predicted octanol–water partition coefficient (Wildman–Crippen LogP) is 5.16. The van der Waals surface area contributed by atoms with Crippen molar-refractivity contribution in [2.45, 2.75) is 12.6 Å². The monoisotopic (exact) mass is 482 g/mol. The van der Waals surface area contributed by atoms with Crippen molar-refractivity contribution >= 4 is 40.6 Å². The van der Waals surface area contributed by atoms with E-state index in [4.69, 9.17) is 33.3 Å². The normalized spacial score (nSPS) is 15.5. The van der Waals surface area contributed by atoms with Crippen LogP contribution >= 0.6 is 23.8 Å². The van der Waals surface area contributed by atoms with Gasteiger partial charge in [-0.25, -0.2) is 9.18 Å². The van der Waals surface area contributed by atoms with E-state index in [-0.39, 0.29) is 5.82 Å². The average Bonchev–Trinajstić information content (AvgIpc) is 2.83. The van der Waals surface area contributed by atoms with Crippen LogP contribution in [0.2, 0.25) is 5.02 Å². The number of esters is 1. The highest BCUT2D eigenvalue weighted by Crippen LogP contribution is 2.33. The van der Waals surface area contributed by atoms with Gasteiger partial charge in [-0.05, 0) is 65.3 Å². The van der Waals surface area contributed by atoms with E-state index < -0.39 is 12.0 Å². The second-order valence-electron chi connectivity index (χ2n) is 7.30. The van der Waals surface area contributed by atoms with E-state index in [2.05, 4.69) is 10.6 Å². The molecule has 5 nitrogen and oxygen atoms in total. The Morgan fingerprint density at radius 1 is 1.03 bits per heavy atom. The Morgan fingerprint density at radius 2 is 1.70 bits per heavy atom. The smallest absolute Gasteiger partial charge is 0.338 e. The molecule has 8 heteroatoms. The first kappa shape index (κ1) is 22.8. The number of hydrogen-bond acceptors (Lipinski definition) is 4. The molecule has 1 heterocycles. The standard InChI is InChI=1S/C25H20ClFN2O3S/c1-31-24(30)21-22(16-4-8-18(26)9-5-16)28-25(33)29-23(21)17-6-12-20(13-7-17)32-14-15-2-10-19(27)11-3-15/h2-13,23H,14H2,1H3,(H2,28,29,33)/t23-/m0/s1. The summed E-state index contributed by atoms with van der Waals surface area (Å²) in [6.45, 7) is 0.309. The van der Waals surface area contributed by atoms with E-state index in [0.29, 0.717) is 33.8 Å². The van der Waals surface area contributed by atoms with Crippen LogP contribution in [0.25, 0.3) is 5.70 Å². The van der Waals surface area contributed by atoms with E-state index >= 15 is 0 Å². The first-order valence-electron chi connectivity index (χ1n) is 10.1. The molecule has 0 aromatic heterocycles. The number of halogens is 2. The highest BCUT2D eigenvalue weighted by Gasteiger charge is 2.32. The number of hydrogen-bond donors (Lipinski definition) is 2. The zero-order valence-corrected chi connectivity index (χ0v) is 19.2. The summed E-state index contributed by atoms with van der Waals surface area (Å²) in [6.07, 6.45) is 0. The minimum Gasteiger partial charge on any atom is -0.489 e. The molecule has 3 aromatic rings. The van der Waals surface area contributed by atoms with Gasteiger partial charge in [0.05, 0.1) is 24.4 Å². The van der Waals surface area contributed by atoms with Gasteiger partial charge in [0.15, 0.2) is 5.11 Å². The summed E-state index contributed by atoms with van der Waals surface area (Å²) in [5.74, 6) is -0.131. The lowest BCUT2D eigenvalue weighted by Gasteiger charge is -2.31. The van der Waals surface area contributed by atoms with Gasteiger partial charge in [-0.3, -0.25) is 0 Å². The number of benzene rings is 3. The maximum atomic E-state index is 13.1. The van der Waals surface area contributed by atoms with E-state index in [1.54, 1.807) is 24.3 Å². The number of methoxy groups -OCH3 is 1. The fourth-order valence-corrected chi connectivity index (χ4v) is 3.84. The third kappa shape index (κ3) is 5.32. The lowest BCUT2D eigenvalue weighted by molar-refractivity contribution is -0.136. The highest BCUT2D eigenvalue weighted by molar-refractivity contribution is 7.80. The van der Waals surface area contributed by atoms with Crippen LogP contribution in [0, 0.1) is 5.82 Å². The molecule has 0 unspecified atom stereocenters. The molecule has 1 atom stereocenters. The summed E-state index contributed by atoms with van der Waals surface area (Å²) in [5, 5.41) is 7.20. The minimum atomic E-state index is -0.525. The zero-order valence-electron chi connectivity index (χ0n) is 17.6. The van der Waals surface area contributed by atoms with Gasteiger partial charge in [0.25, 0.3) is 0 Å². The second kappa shape index (κ2) is 10.0. The Hall–Kier alpha value is -3.42. The molecule has 0 saturated carbocycles. The molecular formula is C25H20ClFN2O3S. The van der Waals surface area contributed by atoms with Crippen molar-refractivity contribution in [3.8, 4) is 5.75 Å². The van der Waals surface area contributed by atoms with E-state index in [0.717, 1.165) is 16.7 Å². The van der Waals surface area contributed by atoms with E-state index in [9.17, 15) is 9.18 Å². The van der Waals surface area contributed by atoms with Crippen LogP contribution in [0.4, 0.5) is 4.39 Å². The topological polar surface area (TPSA) is 59.6 Å². The molecule has 0 radical (unpaired) electrons. The molecule has 0 bridgehead atoms. The number of nitrogens with one attached hydrogen (secondary N) is 2. The minimum absolute atomic E-state index is 0.289. The summed E-state index contributed by atoms with van der Waals surface area (Å²) in [6, 6.07) is 20.1. The molecule has 0 aliphatic carbocycles. The number of thiocarbonyl (C=S) groups is 1. The molecule has 3 aromatic carbocycles. The van der Waals surface area contributed by atoms with Crippen molar-refractivity contribution in [3.63, 3.8) is 0 Å². The van der Waals surface area contributed by atoms with Gasteiger partial charge in [-0.1, -0.05) is 48.0 Å². The Bertz CT molecular complexity index is 1200. The molecule has 1 aliphatic heterocycles. The number of rotatable bonds is 6. The van der Waals surface area contributed by atoms with Crippen molar-refractivity contribution in [2.24, 2.45) is 0 Å². The van der Waals surface area contributed by atoms with Crippen LogP contribution in [0.5, 0.6) is 5.75 Å². The number of carbonyl (C=O) groups excluding carboxylic acids is 1. The van der Waals surface area contributed by atoms with E-state index in [1.165, 1.54) is 19.2 Å². The van der Waals surface area contributed by atoms with Crippen molar-refractivity contribution in [1.82, 2.24) is 10.6 Å². The Morgan fingerprint density at radius 3 is 2.33 bits per heavy atom. The van der Waals surface area contributed by atoms with Gasteiger partial charge in [0.1, 0.15) is 18.2 Å². The fraction of sp³-hybridized carbons (Fsp3) is 0.120. The maximum Gasteiger partial charge on any atom is 0.338 e. The van der Waals surface area contributed by atoms with Crippen LogP contribution < -0.4 is 15.4 Å². The molecule has 0 amide bonds. The molecule has 0 spiro atoms. The molecule has 2 N–H and O–H groups in total. The Kier molecular flexibility index (Phi) is 6.91. The zero-order chi connectivity index (χ0) is 23.4. The molecule has 0 fully saturated rings. The quantitative estimate of drug-likeness (QED) is 0.374. The lowest BCUT2D eigenvalue weighted by Crippen LogP contribution is -2.45. The first-order chi connectivity index (χ1) is 15.9. The van der Waals surface area contributed by atoms with E-state index in [1.807, 2.05) is 36.4 Å². The van der Waals surface area contributed by atoms with Crippen molar-refractivity contribution < 1.29 is 18.7 Å². The van der Waals surface area contributed by atoms with Gasteiger partial charge in [-0.2, -0.15) is 0 Å². The lowest BCUT2D eigenvalue weighted by atomic mass is 9.93. The third-order valence-electron chi connectivity index (χ3n) is 5.14. The van der Waals surface area contributed by atoms with Gasteiger partial charge in [0, 0.05) is 5.02 Å². The predicted molar refractivity (Wildman–Crippen MR) is 129 cm³/mol. The van der Waals surface area contributed by atoms with Crippen LogP contribution in [0.3, 0.4) is 0 Å². The van der Waals surface area contributed by atoms with Gasteiger partial charge >= 0.3 is 5.97 Å². The summed E-state index contributed by atoms with van der Waals surface area (Å²) < 4.78 is 23.9. The third-order valence-corrected chi connectivity index (χ3v) is 5.61. The van der Waals surface area contributed by atoms with Crippen molar-refractivity contribution in [3.05, 3.63) is 106 Å². The van der Waals surface area contributed by atoms with Crippen LogP contribution in [0.1, 0.15) is 22.7 Å². The largest absolute Gasteiger partial charge is 0.489 e. The fourth-order valence-electron chi connectivity index (χ4n) is 3.49.